The van der Waals surface area contributed by atoms with E-state index in [4.69, 9.17) is 4.52 Å². The normalized spacial score (nSPS) is 25.9. The molecule has 2 aromatic rings. The Morgan fingerprint density at radius 2 is 2.10 bits per heavy atom. The fourth-order valence-corrected chi connectivity index (χ4v) is 3.31. The van der Waals surface area contributed by atoms with Crippen molar-refractivity contribution >= 4 is 16.8 Å². The smallest absolute Gasteiger partial charge is 0.293 e. The minimum absolute atomic E-state index is 0.0342. The maximum Gasteiger partial charge on any atom is 0.293 e. The molecule has 1 amide bonds. The molecule has 0 spiro atoms. The maximum absolute atomic E-state index is 12.7. The molecule has 20 heavy (non-hydrogen) atoms. The standard InChI is InChI=1S/C15H17N3O2/c19-15(14-12-3-1-2-4-13(12)17-20-14)18-8-7-10-5-6-11(9-18)16-10/h1-4,10-11,16H,5-9H2/t10-,11+/m1/s1. The van der Waals surface area contributed by atoms with Crippen molar-refractivity contribution in [3.63, 3.8) is 0 Å². The molecule has 5 nitrogen and oxygen atoms in total. The fourth-order valence-electron chi connectivity index (χ4n) is 3.31. The molecule has 0 saturated carbocycles. The molecule has 3 heterocycles. The zero-order valence-corrected chi connectivity index (χ0v) is 11.2. The monoisotopic (exact) mass is 271 g/mol. The van der Waals surface area contributed by atoms with Crippen LogP contribution in [0.4, 0.5) is 0 Å². The highest BCUT2D eigenvalue weighted by molar-refractivity contribution is 6.03. The summed E-state index contributed by atoms with van der Waals surface area (Å²) in [5.41, 5.74) is 0.741. The predicted octanol–water partition coefficient (Wildman–Crippen LogP) is 1.79. The van der Waals surface area contributed by atoms with Crippen LogP contribution in [0.1, 0.15) is 29.8 Å². The molecular formula is C15H17N3O2. The van der Waals surface area contributed by atoms with Gasteiger partial charge in [-0.2, -0.15) is 0 Å². The number of benzene rings is 1. The van der Waals surface area contributed by atoms with E-state index < -0.39 is 0 Å². The number of hydrogen-bond acceptors (Lipinski definition) is 4. The molecule has 1 aromatic heterocycles. The first-order valence-corrected chi connectivity index (χ1v) is 7.21. The van der Waals surface area contributed by atoms with Crippen molar-refractivity contribution in [3.05, 3.63) is 30.0 Å². The second-order valence-electron chi connectivity index (χ2n) is 5.71. The van der Waals surface area contributed by atoms with E-state index in [0.29, 0.717) is 17.8 Å². The number of amides is 1. The van der Waals surface area contributed by atoms with Gasteiger partial charge in [0.25, 0.3) is 5.91 Å². The molecule has 0 aliphatic carbocycles. The lowest BCUT2D eigenvalue weighted by atomic mass is 10.1. The molecular weight excluding hydrogens is 254 g/mol. The Bertz CT molecular complexity index is 651. The van der Waals surface area contributed by atoms with Crippen molar-refractivity contribution in [1.29, 1.82) is 0 Å². The highest BCUT2D eigenvalue weighted by Crippen LogP contribution is 2.24. The van der Waals surface area contributed by atoms with Crippen LogP contribution in [0.25, 0.3) is 10.9 Å². The van der Waals surface area contributed by atoms with Crippen LogP contribution in [-0.2, 0) is 0 Å². The van der Waals surface area contributed by atoms with Gasteiger partial charge in [0.1, 0.15) is 5.52 Å². The first-order valence-electron chi connectivity index (χ1n) is 7.21. The molecule has 1 N–H and O–H groups in total. The molecule has 4 rings (SSSR count). The highest BCUT2D eigenvalue weighted by Gasteiger charge is 2.33. The summed E-state index contributed by atoms with van der Waals surface area (Å²) >= 11 is 0. The second kappa shape index (κ2) is 4.59. The van der Waals surface area contributed by atoms with Crippen LogP contribution >= 0.6 is 0 Å². The Labute approximate surface area is 116 Å². The Morgan fingerprint density at radius 3 is 3.05 bits per heavy atom. The molecule has 5 heteroatoms. The van der Waals surface area contributed by atoms with E-state index in [1.54, 1.807) is 0 Å². The van der Waals surface area contributed by atoms with Crippen LogP contribution in [0, 0.1) is 0 Å². The minimum atomic E-state index is -0.0342. The van der Waals surface area contributed by atoms with Gasteiger partial charge in [-0.3, -0.25) is 4.79 Å². The number of fused-ring (bicyclic) bond motifs is 3. The molecule has 2 aliphatic heterocycles. The number of rotatable bonds is 1. The summed E-state index contributed by atoms with van der Waals surface area (Å²) in [4.78, 5) is 14.6. The number of carbonyl (C=O) groups is 1. The number of nitrogens with one attached hydrogen (secondary N) is 1. The van der Waals surface area contributed by atoms with Gasteiger partial charge < -0.3 is 14.7 Å². The molecule has 2 bridgehead atoms. The number of hydrogen-bond donors (Lipinski definition) is 1. The molecule has 0 radical (unpaired) electrons. The lowest BCUT2D eigenvalue weighted by molar-refractivity contribution is 0.0709. The van der Waals surface area contributed by atoms with Gasteiger partial charge in [-0.15, -0.1) is 0 Å². The fraction of sp³-hybridized carbons (Fsp3) is 0.467. The quantitative estimate of drug-likeness (QED) is 0.859. The summed E-state index contributed by atoms with van der Waals surface area (Å²) in [5.74, 6) is 0.339. The van der Waals surface area contributed by atoms with E-state index in [1.165, 1.54) is 6.42 Å². The lowest BCUT2D eigenvalue weighted by Crippen LogP contribution is -2.39. The van der Waals surface area contributed by atoms with E-state index in [2.05, 4.69) is 10.5 Å². The largest absolute Gasteiger partial charge is 0.350 e. The van der Waals surface area contributed by atoms with Gasteiger partial charge in [0.05, 0.1) is 5.39 Å². The van der Waals surface area contributed by atoms with E-state index in [1.807, 2.05) is 29.2 Å². The summed E-state index contributed by atoms with van der Waals surface area (Å²) in [5, 5.41) is 8.35. The number of carbonyl (C=O) groups excluding carboxylic acids is 1. The van der Waals surface area contributed by atoms with Gasteiger partial charge in [-0.25, -0.2) is 0 Å². The Morgan fingerprint density at radius 1 is 1.25 bits per heavy atom. The van der Waals surface area contributed by atoms with Gasteiger partial charge in [-0.1, -0.05) is 17.3 Å². The van der Waals surface area contributed by atoms with Crippen molar-refractivity contribution in [2.24, 2.45) is 0 Å². The summed E-state index contributed by atoms with van der Waals surface area (Å²) in [6, 6.07) is 8.56. The summed E-state index contributed by atoms with van der Waals surface area (Å²) in [7, 11) is 0. The van der Waals surface area contributed by atoms with Gasteiger partial charge in [0.2, 0.25) is 5.76 Å². The van der Waals surface area contributed by atoms with Crippen LogP contribution in [0.15, 0.2) is 28.8 Å². The zero-order chi connectivity index (χ0) is 13.5. The molecule has 104 valence electrons. The average molecular weight is 271 g/mol. The molecule has 0 unspecified atom stereocenters. The third-order valence-corrected chi connectivity index (χ3v) is 4.39. The predicted molar refractivity (Wildman–Crippen MR) is 74.5 cm³/mol. The number of aromatic nitrogens is 1. The van der Waals surface area contributed by atoms with Gasteiger partial charge in [0, 0.05) is 25.2 Å². The second-order valence-corrected chi connectivity index (χ2v) is 5.71. The van der Waals surface area contributed by atoms with Crippen molar-refractivity contribution in [1.82, 2.24) is 15.4 Å². The summed E-state index contributed by atoms with van der Waals surface area (Å²) in [6.45, 7) is 1.56. The van der Waals surface area contributed by atoms with Crippen molar-refractivity contribution in [3.8, 4) is 0 Å². The highest BCUT2D eigenvalue weighted by atomic mass is 16.5. The van der Waals surface area contributed by atoms with E-state index in [9.17, 15) is 4.79 Å². The van der Waals surface area contributed by atoms with Crippen LogP contribution in [0.3, 0.4) is 0 Å². The van der Waals surface area contributed by atoms with Crippen LogP contribution in [-0.4, -0.2) is 41.1 Å². The molecule has 2 saturated heterocycles. The minimum Gasteiger partial charge on any atom is -0.350 e. The zero-order valence-electron chi connectivity index (χ0n) is 11.2. The van der Waals surface area contributed by atoms with Gasteiger partial charge in [-0.05, 0) is 31.4 Å². The van der Waals surface area contributed by atoms with Crippen LogP contribution in [0.2, 0.25) is 0 Å². The third kappa shape index (κ3) is 1.89. The first-order chi connectivity index (χ1) is 9.81. The Balaban J connectivity index is 1.63. The van der Waals surface area contributed by atoms with E-state index >= 15 is 0 Å². The van der Waals surface area contributed by atoms with Crippen molar-refractivity contribution in [2.75, 3.05) is 13.1 Å². The van der Waals surface area contributed by atoms with Crippen LogP contribution < -0.4 is 5.32 Å². The van der Waals surface area contributed by atoms with Crippen LogP contribution in [0.5, 0.6) is 0 Å². The molecule has 1 aromatic carbocycles. The Hall–Kier alpha value is -1.88. The first kappa shape index (κ1) is 11.9. The maximum atomic E-state index is 12.7. The average Bonchev–Trinajstić information content (AvgIpc) is 3.01. The van der Waals surface area contributed by atoms with Crippen molar-refractivity contribution in [2.45, 2.75) is 31.3 Å². The van der Waals surface area contributed by atoms with Crippen molar-refractivity contribution < 1.29 is 9.32 Å². The van der Waals surface area contributed by atoms with Gasteiger partial charge in [0.15, 0.2) is 0 Å². The lowest BCUT2D eigenvalue weighted by Gasteiger charge is -2.23. The number of nitrogens with zero attached hydrogens (tertiary/aromatic N) is 2. The molecule has 2 fully saturated rings. The van der Waals surface area contributed by atoms with E-state index in [0.717, 1.165) is 36.8 Å². The Kier molecular flexibility index (Phi) is 2.73. The molecule has 2 aliphatic rings. The summed E-state index contributed by atoms with van der Waals surface area (Å²) in [6.07, 6.45) is 3.41. The molecule has 2 atom stereocenters. The number of likely N-dealkylation sites (tertiary alicyclic amines) is 1. The summed E-state index contributed by atoms with van der Waals surface area (Å²) < 4.78 is 5.29. The van der Waals surface area contributed by atoms with Gasteiger partial charge >= 0.3 is 0 Å². The third-order valence-electron chi connectivity index (χ3n) is 4.39. The van der Waals surface area contributed by atoms with E-state index in [-0.39, 0.29) is 5.91 Å². The topological polar surface area (TPSA) is 58.4 Å². The SMILES string of the molecule is O=C(c1onc2ccccc12)N1CC[C@H]2CC[C@@H](C1)N2.